The van der Waals surface area contributed by atoms with E-state index in [-0.39, 0.29) is 19.3 Å². The third-order valence-electron chi connectivity index (χ3n) is 3.07. The summed E-state index contributed by atoms with van der Waals surface area (Å²) < 4.78 is 0. The lowest BCUT2D eigenvalue weighted by Crippen LogP contribution is -2.55. The number of hydrogen-bond acceptors (Lipinski definition) is 7. The number of carboxylic acids is 1. The molecule has 10 nitrogen and oxygen atoms in total. The third kappa shape index (κ3) is 8.70. The van der Waals surface area contributed by atoms with Gasteiger partial charge in [0.05, 0.1) is 6.61 Å². The van der Waals surface area contributed by atoms with E-state index in [0.29, 0.717) is 5.75 Å². The molecule has 24 heavy (non-hydrogen) atoms. The number of primary amides is 1. The molecule has 0 aliphatic heterocycles. The second-order valence-electron chi connectivity index (χ2n) is 5.04. The normalized spacial score (nSPS) is 14.3. The number of aliphatic carboxylic acids is 1. The third-order valence-corrected chi connectivity index (χ3v) is 3.72. The van der Waals surface area contributed by atoms with E-state index in [4.69, 9.17) is 21.7 Å². The zero-order chi connectivity index (χ0) is 18.7. The average Bonchev–Trinajstić information content (AvgIpc) is 2.53. The number of aliphatic hydroxyl groups excluding tert-OH is 1. The Bertz CT molecular complexity index is 462. The van der Waals surface area contributed by atoms with E-state index in [1.54, 1.807) is 0 Å². The number of hydrogen-bond donors (Lipinski definition) is 6. The van der Waals surface area contributed by atoms with Crippen LogP contribution in [0.1, 0.15) is 19.3 Å². The molecule has 0 rings (SSSR count). The van der Waals surface area contributed by atoms with E-state index in [9.17, 15) is 19.2 Å². The first-order valence-electron chi connectivity index (χ1n) is 7.20. The smallest absolute Gasteiger partial charge is 0.326 e. The van der Waals surface area contributed by atoms with Gasteiger partial charge in [-0.1, -0.05) is 0 Å². The SMILES string of the molecule is CSCCC(NC(=O)C(N)CO)C(=O)NC(CCC(N)=O)C(=O)O. The van der Waals surface area contributed by atoms with Crippen molar-refractivity contribution in [2.75, 3.05) is 18.6 Å². The van der Waals surface area contributed by atoms with Crippen LogP contribution >= 0.6 is 11.8 Å². The summed E-state index contributed by atoms with van der Waals surface area (Å²) in [7, 11) is 0. The lowest BCUT2D eigenvalue weighted by Gasteiger charge is -2.22. The molecule has 0 aliphatic rings. The van der Waals surface area contributed by atoms with Crippen LogP contribution in [0.4, 0.5) is 0 Å². The molecule has 0 heterocycles. The van der Waals surface area contributed by atoms with Crippen LogP contribution in [-0.4, -0.2) is 70.6 Å². The molecule has 3 amide bonds. The summed E-state index contributed by atoms with van der Waals surface area (Å²) in [5.74, 6) is -2.89. The van der Waals surface area contributed by atoms with E-state index >= 15 is 0 Å². The number of carboxylic acid groups (broad SMARTS) is 1. The number of amides is 3. The molecule has 138 valence electrons. The van der Waals surface area contributed by atoms with Crippen LogP contribution in [0.2, 0.25) is 0 Å². The summed E-state index contributed by atoms with van der Waals surface area (Å²) in [6, 6.07) is -3.48. The number of carbonyl (C=O) groups is 4. The molecule has 0 aromatic heterocycles. The Balaban J connectivity index is 4.90. The van der Waals surface area contributed by atoms with Gasteiger partial charge in [0.1, 0.15) is 18.1 Å². The van der Waals surface area contributed by atoms with Gasteiger partial charge in [0.15, 0.2) is 0 Å². The number of nitrogens with two attached hydrogens (primary N) is 2. The largest absolute Gasteiger partial charge is 0.480 e. The molecule has 0 aromatic carbocycles. The van der Waals surface area contributed by atoms with Gasteiger partial charge in [-0.25, -0.2) is 4.79 Å². The molecule has 0 aliphatic carbocycles. The van der Waals surface area contributed by atoms with Crippen molar-refractivity contribution in [1.82, 2.24) is 10.6 Å². The molecule has 8 N–H and O–H groups in total. The summed E-state index contributed by atoms with van der Waals surface area (Å²) in [5.41, 5.74) is 10.3. The molecule has 0 spiro atoms. The van der Waals surface area contributed by atoms with Gasteiger partial charge in [-0.05, 0) is 24.9 Å². The molecular weight excluding hydrogens is 340 g/mol. The molecule has 0 radical (unpaired) electrons. The Morgan fingerprint density at radius 1 is 1.08 bits per heavy atom. The van der Waals surface area contributed by atoms with Gasteiger partial charge in [0.25, 0.3) is 0 Å². The predicted molar refractivity (Wildman–Crippen MR) is 88.0 cm³/mol. The van der Waals surface area contributed by atoms with Gasteiger partial charge in [-0.15, -0.1) is 0 Å². The standard InChI is InChI=1S/C13H24N4O6S/c1-24-5-4-8(16-11(20)7(14)6-18)12(21)17-9(13(22)23)2-3-10(15)19/h7-9,18H,2-6,14H2,1H3,(H2,15,19)(H,16,20)(H,17,21)(H,22,23). The minimum Gasteiger partial charge on any atom is -0.480 e. The van der Waals surface area contributed by atoms with Crippen LogP contribution in [0.15, 0.2) is 0 Å². The maximum atomic E-state index is 12.2. The number of carbonyl (C=O) groups excluding carboxylic acids is 3. The van der Waals surface area contributed by atoms with Crippen molar-refractivity contribution in [3.63, 3.8) is 0 Å². The molecule has 0 fully saturated rings. The van der Waals surface area contributed by atoms with E-state index in [1.165, 1.54) is 11.8 Å². The van der Waals surface area contributed by atoms with Crippen molar-refractivity contribution in [2.45, 2.75) is 37.4 Å². The van der Waals surface area contributed by atoms with Crippen LogP contribution in [0.5, 0.6) is 0 Å². The number of thioether (sulfide) groups is 1. The molecule has 0 saturated carbocycles. The first-order chi connectivity index (χ1) is 11.2. The minimum absolute atomic E-state index is 0.157. The quantitative estimate of drug-likeness (QED) is 0.217. The molecular formula is C13H24N4O6S. The molecule has 11 heteroatoms. The van der Waals surface area contributed by atoms with Crippen molar-refractivity contribution in [2.24, 2.45) is 11.5 Å². The average molecular weight is 364 g/mol. The van der Waals surface area contributed by atoms with Crippen molar-refractivity contribution in [3.05, 3.63) is 0 Å². The lowest BCUT2D eigenvalue weighted by atomic mass is 10.1. The van der Waals surface area contributed by atoms with Crippen molar-refractivity contribution >= 4 is 35.5 Å². The Kier molecular flexibility index (Phi) is 10.8. The van der Waals surface area contributed by atoms with E-state index < -0.39 is 48.4 Å². The van der Waals surface area contributed by atoms with Crippen molar-refractivity contribution < 1.29 is 29.4 Å². The maximum Gasteiger partial charge on any atom is 0.326 e. The Morgan fingerprint density at radius 2 is 1.67 bits per heavy atom. The van der Waals surface area contributed by atoms with Crippen LogP contribution < -0.4 is 22.1 Å². The highest BCUT2D eigenvalue weighted by Gasteiger charge is 2.27. The van der Waals surface area contributed by atoms with Gasteiger partial charge >= 0.3 is 5.97 Å². The monoisotopic (exact) mass is 364 g/mol. The van der Waals surface area contributed by atoms with Crippen LogP contribution in [-0.2, 0) is 19.2 Å². The van der Waals surface area contributed by atoms with Gasteiger partial charge < -0.3 is 32.3 Å². The highest BCUT2D eigenvalue weighted by molar-refractivity contribution is 7.98. The Labute approximate surface area is 143 Å². The van der Waals surface area contributed by atoms with E-state index in [2.05, 4.69) is 10.6 Å². The lowest BCUT2D eigenvalue weighted by molar-refractivity contribution is -0.142. The molecule has 3 unspecified atom stereocenters. The number of aliphatic hydroxyl groups is 1. The topological polar surface area (TPSA) is 185 Å². The maximum absolute atomic E-state index is 12.2. The highest BCUT2D eigenvalue weighted by atomic mass is 32.2. The predicted octanol–water partition coefficient (Wildman–Crippen LogP) is -2.62. The van der Waals surface area contributed by atoms with Crippen molar-refractivity contribution in [3.8, 4) is 0 Å². The first kappa shape index (κ1) is 22.1. The summed E-state index contributed by atoms with van der Waals surface area (Å²) in [6.45, 7) is -0.584. The molecule has 0 aromatic rings. The minimum atomic E-state index is -1.31. The second-order valence-corrected chi connectivity index (χ2v) is 6.02. The van der Waals surface area contributed by atoms with Gasteiger partial charge in [0.2, 0.25) is 17.7 Å². The van der Waals surface area contributed by atoms with Crippen LogP contribution in [0, 0.1) is 0 Å². The van der Waals surface area contributed by atoms with Gasteiger partial charge in [-0.2, -0.15) is 11.8 Å². The Morgan fingerprint density at radius 3 is 2.12 bits per heavy atom. The van der Waals surface area contributed by atoms with Crippen LogP contribution in [0.25, 0.3) is 0 Å². The van der Waals surface area contributed by atoms with Crippen LogP contribution in [0.3, 0.4) is 0 Å². The summed E-state index contributed by atoms with van der Waals surface area (Å²) >= 11 is 1.44. The second kappa shape index (κ2) is 11.6. The first-order valence-corrected chi connectivity index (χ1v) is 8.59. The summed E-state index contributed by atoms with van der Waals surface area (Å²) in [5, 5.41) is 22.6. The van der Waals surface area contributed by atoms with Gasteiger partial charge in [-0.3, -0.25) is 14.4 Å². The molecule has 3 atom stereocenters. The highest BCUT2D eigenvalue weighted by Crippen LogP contribution is 2.04. The Hall–Kier alpha value is -1.85. The van der Waals surface area contributed by atoms with E-state index in [1.807, 2.05) is 6.26 Å². The zero-order valence-electron chi connectivity index (χ0n) is 13.4. The fourth-order valence-corrected chi connectivity index (χ4v) is 2.15. The fraction of sp³-hybridized carbons (Fsp3) is 0.692. The van der Waals surface area contributed by atoms with Gasteiger partial charge in [0, 0.05) is 6.42 Å². The van der Waals surface area contributed by atoms with Crippen molar-refractivity contribution in [1.29, 1.82) is 0 Å². The molecule has 0 bridgehead atoms. The summed E-state index contributed by atoms with van der Waals surface area (Å²) in [6.07, 6.45) is 1.70. The number of nitrogens with one attached hydrogen (secondary N) is 2. The molecule has 0 saturated heterocycles. The van der Waals surface area contributed by atoms with E-state index in [0.717, 1.165) is 0 Å². The zero-order valence-corrected chi connectivity index (χ0v) is 14.2. The number of rotatable bonds is 12. The fourth-order valence-electron chi connectivity index (χ4n) is 1.68. The summed E-state index contributed by atoms with van der Waals surface area (Å²) in [4.78, 5) is 45.9.